The molecule has 156 valence electrons. The van der Waals surface area contributed by atoms with Gasteiger partial charge in [-0.3, -0.25) is 19.4 Å². The van der Waals surface area contributed by atoms with Crippen molar-refractivity contribution in [3.63, 3.8) is 0 Å². The molecule has 31 heavy (non-hydrogen) atoms. The van der Waals surface area contributed by atoms with Gasteiger partial charge in [-0.15, -0.1) is 0 Å². The van der Waals surface area contributed by atoms with Crippen LogP contribution in [0, 0.1) is 0 Å². The minimum atomic E-state index is -1.34. The van der Waals surface area contributed by atoms with Crippen molar-refractivity contribution in [3.05, 3.63) is 106 Å². The van der Waals surface area contributed by atoms with Gasteiger partial charge in [0.2, 0.25) is 0 Å². The predicted octanol–water partition coefficient (Wildman–Crippen LogP) is 4.43. The Morgan fingerprint density at radius 3 is 2.03 bits per heavy atom. The Kier molecular flexibility index (Phi) is 5.22. The lowest BCUT2D eigenvalue weighted by Gasteiger charge is -2.44. The van der Waals surface area contributed by atoms with E-state index in [1.54, 1.807) is 18.2 Å². The number of halogens is 1. The van der Waals surface area contributed by atoms with Crippen LogP contribution in [0.3, 0.4) is 0 Å². The second kappa shape index (κ2) is 8.04. The van der Waals surface area contributed by atoms with E-state index < -0.39 is 5.54 Å². The third-order valence-electron chi connectivity index (χ3n) is 6.43. The van der Waals surface area contributed by atoms with Crippen LogP contribution in [-0.2, 0) is 12.1 Å². The lowest BCUT2D eigenvalue weighted by atomic mass is 9.82. The molecule has 3 aromatic carbocycles. The molecule has 1 saturated heterocycles. The lowest BCUT2D eigenvalue weighted by molar-refractivity contribution is 0.0279. The zero-order valence-electron chi connectivity index (χ0n) is 17.1. The molecule has 0 N–H and O–H groups in total. The Labute approximate surface area is 187 Å². The molecule has 1 unspecified atom stereocenters. The lowest BCUT2D eigenvalue weighted by Crippen LogP contribution is -2.60. The average Bonchev–Trinajstić information content (AvgIpc) is 3.04. The fourth-order valence-corrected chi connectivity index (χ4v) is 5.18. The molecule has 4 nitrogen and oxygen atoms in total. The number of rotatable bonds is 4. The number of carbonyl (C=O) groups excluding carboxylic acids is 2. The van der Waals surface area contributed by atoms with Gasteiger partial charge in [-0.2, -0.15) is 0 Å². The number of Topliss-reactive ketones (excluding diaryl/α,β-unsaturated/α-hetero) is 2. The SMILES string of the molecule is O=C1c2cccc(Cl)c2C(=O)C1(c1ccccc1)N1CCN(Cc2ccccc2)CC1. The standard InChI is InChI=1S/C26H23ClN2O2/c27-22-13-7-12-21-23(22)25(31)26(24(21)30,20-10-5-2-6-11-20)29-16-14-28(15-17-29)18-19-8-3-1-4-9-19/h1-13H,14-18H2. The largest absolute Gasteiger partial charge is 0.297 e. The first kappa shape index (κ1) is 20.1. The molecule has 1 aliphatic carbocycles. The Morgan fingerprint density at radius 2 is 1.39 bits per heavy atom. The van der Waals surface area contributed by atoms with Gasteiger partial charge < -0.3 is 0 Å². The number of ketones is 2. The van der Waals surface area contributed by atoms with Gasteiger partial charge in [0.25, 0.3) is 0 Å². The van der Waals surface area contributed by atoms with Gasteiger partial charge in [0.05, 0.1) is 5.02 Å². The third kappa shape index (κ3) is 3.23. The molecule has 0 amide bonds. The highest BCUT2D eigenvalue weighted by atomic mass is 35.5. The molecule has 1 atom stereocenters. The first-order chi connectivity index (χ1) is 15.1. The highest BCUT2D eigenvalue weighted by Gasteiger charge is 2.58. The minimum absolute atomic E-state index is 0.169. The summed E-state index contributed by atoms with van der Waals surface area (Å²) < 4.78 is 0. The molecule has 1 fully saturated rings. The number of benzene rings is 3. The molecule has 0 aromatic heterocycles. The highest BCUT2D eigenvalue weighted by Crippen LogP contribution is 2.45. The van der Waals surface area contributed by atoms with E-state index in [-0.39, 0.29) is 11.6 Å². The summed E-state index contributed by atoms with van der Waals surface area (Å²) in [5.41, 5.74) is 1.42. The van der Waals surface area contributed by atoms with E-state index in [4.69, 9.17) is 11.6 Å². The molecule has 0 spiro atoms. The number of nitrogens with zero attached hydrogens (tertiary/aromatic N) is 2. The maximum Gasteiger partial charge on any atom is 0.197 e. The van der Waals surface area contributed by atoms with Crippen LogP contribution in [0.5, 0.6) is 0 Å². The second-order valence-corrected chi connectivity index (χ2v) is 8.55. The van der Waals surface area contributed by atoms with Gasteiger partial charge in [-0.1, -0.05) is 84.4 Å². The van der Waals surface area contributed by atoms with E-state index in [9.17, 15) is 9.59 Å². The second-order valence-electron chi connectivity index (χ2n) is 8.15. The van der Waals surface area contributed by atoms with Gasteiger partial charge in [0, 0.05) is 43.9 Å². The summed E-state index contributed by atoms with van der Waals surface area (Å²) in [5.74, 6) is -0.376. The van der Waals surface area contributed by atoms with Crippen LogP contribution < -0.4 is 0 Å². The summed E-state index contributed by atoms with van der Waals surface area (Å²) in [5, 5.41) is 0.344. The predicted molar refractivity (Wildman–Crippen MR) is 122 cm³/mol. The van der Waals surface area contributed by atoms with Crippen molar-refractivity contribution in [1.29, 1.82) is 0 Å². The maximum absolute atomic E-state index is 13.9. The summed E-state index contributed by atoms with van der Waals surface area (Å²) in [6.07, 6.45) is 0. The smallest absolute Gasteiger partial charge is 0.197 e. The summed E-state index contributed by atoms with van der Waals surface area (Å²) in [6.45, 7) is 3.69. The summed E-state index contributed by atoms with van der Waals surface area (Å²) >= 11 is 6.40. The van der Waals surface area contributed by atoms with Crippen molar-refractivity contribution in [2.75, 3.05) is 26.2 Å². The molecule has 5 heteroatoms. The van der Waals surface area contributed by atoms with Crippen molar-refractivity contribution in [2.45, 2.75) is 12.1 Å². The van der Waals surface area contributed by atoms with Crippen LogP contribution in [0.15, 0.2) is 78.9 Å². The maximum atomic E-state index is 13.9. The highest BCUT2D eigenvalue weighted by molar-refractivity contribution is 6.41. The van der Waals surface area contributed by atoms with E-state index in [0.717, 1.165) is 19.6 Å². The van der Waals surface area contributed by atoms with Crippen molar-refractivity contribution in [3.8, 4) is 0 Å². The summed E-state index contributed by atoms with van der Waals surface area (Å²) in [7, 11) is 0. The van der Waals surface area contributed by atoms with E-state index in [2.05, 4.69) is 21.9 Å². The molecular weight excluding hydrogens is 408 g/mol. The third-order valence-corrected chi connectivity index (χ3v) is 6.74. The van der Waals surface area contributed by atoms with Crippen LogP contribution in [0.1, 0.15) is 31.8 Å². The van der Waals surface area contributed by atoms with E-state index >= 15 is 0 Å². The molecule has 5 rings (SSSR count). The number of fused-ring (bicyclic) bond motifs is 1. The molecular formula is C26H23ClN2O2. The zero-order chi connectivity index (χ0) is 21.4. The molecule has 2 aliphatic rings. The first-order valence-corrected chi connectivity index (χ1v) is 10.9. The van der Waals surface area contributed by atoms with Crippen molar-refractivity contribution >= 4 is 23.2 Å². The van der Waals surface area contributed by atoms with Gasteiger partial charge in [0.15, 0.2) is 17.1 Å². The first-order valence-electron chi connectivity index (χ1n) is 10.6. The van der Waals surface area contributed by atoms with Crippen LogP contribution >= 0.6 is 11.6 Å². The minimum Gasteiger partial charge on any atom is -0.297 e. The van der Waals surface area contributed by atoms with E-state index in [1.807, 2.05) is 48.5 Å². The van der Waals surface area contributed by atoms with Gasteiger partial charge in [-0.25, -0.2) is 0 Å². The monoisotopic (exact) mass is 430 g/mol. The fraction of sp³-hybridized carbons (Fsp3) is 0.231. The molecule has 0 saturated carbocycles. The van der Waals surface area contributed by atoms with Crippen LogP contribution in [0.25, 0.3) is 0 Å². The van der Waals surface area contributed by atoms with Crippen LogP contribution in [-0.4, -0.2) is 47.5 Å². The molecule has 0 radical (unpaired) electrons. The fourth-order valence-electron chi connectivity index (χ4n) is 4.92. The number of hydrogen-bond donors (Lipinski definition) is 0. The van der Waals surface area contributed by atoms with E-state index in [1.165, 1.54) is 5.56 Å². The number of carbonyl (C=O) groups is 2. The molecule has 3 aromatic rings. The molecule has 1 aliphatic heterocycles. The van der Waals surface area contributed by atoms with Gasteiger partial charge in [-0.05, 0) is 17.2 Å². The average molecular weight is 431 g/mol. The van der Waals surface area contributed by atoms with Crippen molar-refractivity contribution in [1.82, 2.24) is 9.80 Å². The Bertz CT molecular complexity index is 1120. The van der Waals surface area contributed by atoms with Crippen molar-refractivity contribution in [2.24, 2.45) is 0 Å². The number of hydrogen-bond acceptors (Lipinski definition) is 4. The summed E-state index contributed by atoms with van der Waals surface area (Å²) in [6, 6.07) is 24.9. The topological polar surface area (TPSA) is 40.6 Å². The Morgan fingerprint density at radius 1 is 0.742 bits per heavy atom. The Balaban J connectivity index is 1.49. The normalized spacial score (nSPS) is 22.0. The molecule has 1 heterocycles. The van der Waals surface area contributed by atoms with Gasteiger partial charge in [0.1, 0.15) is 0 Å². The Hall–Kier alpha value is -2.79. The van der Waals surface area contributed by atoms with Crippen molar-refractivity contribution < 1.29 is 9.59 Å². The quantitative estimate of drug-likeness (QED) is 0.574. The van der Waals surface area contributed by atoms with E-state index in [0.29, 0.717) is 34.8 Å². The van der Waals surface area contributed by atoms with Crippen LogP contribution in [0.2, 0.25) is 5.02 Å². The van der Waals surface area contributed by atoms with Gasteiger partial charge >= 0.3 is 0 Å². The summed E-state index contributed by atoms with van der Waals surface area (Å²) in [4.78, 5) is 32.1. The van der Waals surface area contributed by atoms with Crippen LogP contribution in [0.4, 0.5) is 0 Å². The number of piperazine rings is 1. The zero-order valence-corrected chi connectivity index (χ0v) is 17.9. The molecule has 0 bridgehead atoms.